The fourth-order valence-corrected chi connectivity index (χ4v) is 3.08. The molecule has 0 unspecified atom stereocenters. The molecular formula is C19H17FN2O5. The quantitative estimate of drug-likeness (QED) is 0.442. The molecule has 0 saturated carbocycles. The van der Waals surface area contributed by atoms with Crippen LogP contribution in [-0.2, 0) is 17.6 Å². The summed E-state index contributed by atoms with van der Waals surface area (Å²) >= 11 is 0. The first-order chi connectivity index (χ1) is 12.9. The molecule has 0 radical (unpaired) electrons. The maximum atomic E-state index is 14.0. The summed E-state index contributed by atoms with van der Waals surface area (Å²) in [5, 5.41) is 10.8. The van der Waals surface area contributed by atoms with Gasteiger partial charge in [0.25, 0.3) is 11.6 Å². The average Bonchev–Trinajstić information content (AvgIpc) is 2.64. The van der Waals surface area contributed by atoms with Gasteiger partial charge in [0.15, 0.2) is 0 Å². The number of carbonyl (C=O) groups is 2. The summed E-state index contributed by atoms with van der Waals surface area (Å²) in [6, 6.07) is 8.43. The van der Waals surface area contributed by atoms with Crippen LogP contribution in [0.1, 0.15) is 27.9 Å². The SMILES string of the molecule is COc1ccc(CCCN2C(=O)Cc3cc([N+](=O)[O-])ccc3C2=O)c(F)c1. The van der Waals surface area contributed by atoms with Gasteiger partial charge in [-0.15, -0.1) is 0 Å². The zero-order chi connectivity index (χ0) is 19.6. The van der Waals surface area contributed by atoms with E-state index in [1.165, 1.54) is 31.4 Å². The van der Waals surface area contributed by atoms with E-state index in [1.54, 1.807) is 12.1 Å². The largest absolute Gasteiger partial charge is 0.497 e. The maximum Gasteiger partial charge on any atom is 0.269 e. The van der Waals surface area contributed by atoms with Crippen molar-refractivity contribution in [3.63, 3.8) is 0 Å². The van der Waals surface area contributed by atoms with Gasteiger partial charge < -0.3 is 4.74 Å². The zero-order valence-electron chi connectivity index (χ0n) is 14.6. The van der Waals surface area contributed by atoms with E-state index in [4.69, 9.17) is 4.74 Å². The molecule has 7 nitrogen and oxygen atoms in total. The molecule has 3 rings (SSSR count). The van der Waals surface area contributed by atoms with Crippen LogP contribution in [0.25, 0.3) is 0 Å². The average molecular weight is 372 g/mol. The van der Waals surface area contributed by atoms with E-state index < -0.39 is 22.6 Å². The zero-order valence-corrected chi connectivity index (χ0v) is 14.6. The normalized spacial score (nSPS) is 13.5. The first-order valence-corrected chi connectivity index (χ1v) is 8.35. The summed E-state index contributed by atoms with van der Waals surface area (Å²) in [5.74, 6) is -0.874. The van der Waals surface area contributed by atoms with Crippen LogP contribution in [0.4, 0.5) is 10.1 Å². The topological polar surface area (TPSA) is 89.8 Å². The van der Waals surface area contributed by atoms with Gasteiger partial charge in [-0.2, -0.15) is 0 Å². The molecule has 2 aromatic carbocycles. The van der Waals surface area contributed by atoms with Crippen LogP contribution in [-0.4, -0.2) is 35.3 Å². The summed E-state index contributed by atoms with van der Waals surface area (Å²) in [6.07, 6.45) is 0.697. The maximum absolute atomic E-state index is 14.0. The summed E-state index contributed by atoms with van der Waals surface area (Å²) in [5.41, 5.74) is 0.967. The smallest absolute Gasteiger partial charge is 0.269 e. The van der Waals surface area contributed by atoms with Crippen LogP contribution in [0, 0.1) is 15.9 Å². The van der Waals surface area contributed by atoms with Crippen molar-refractivity contribution in [3.05, 3.63) is 69.0 Å². The predicted molar refractivity (Wildman–Crippen MR) is 94.1 cm³/mol. The van der Waals surface area contributed by atoms with E-state index in [2.05, 4.69) is 0 Å². The molecule has 140 valence electrons. The summed E-state index contributed by atoms with van der Waals surface area (Å²) < 4.78 is 18.9. The number of halogens is 1. The van der Waals surface area contributed by atoms with Gasteiger partial charge in [0, 0.05) is 30.3 Å². The van der Waals surface area contributed by atoms with Gasteiger partial charge in [-0.3, -0.25) is 24.6 Å². The molecule has 0 spiro atoms. The fraction of sp³-hybridized carbons (Fsp3) is 0.263. The minimum atomic E-state index is -0.564. The molecule has 1 aliphatic heterocycles. The Bertz CT molecular complexity index is 928. The van der Waals surface area contributed by atoms with Crippen molar-refractivity contribution in [3.8, 4) is 5.75 Å². The number of benzene rings is 2. The molecule has 2 amide bonds. The number of non-ortho nitro benzene ring substituents is 1. The molecule has 0 fully saturated rings. The Balaban J connectivity index is 1.68. The number of carbonyl (C=O) groups excluding carboxylic acids is 2. The number of imide groups is 1. The van der Waals surface area contributed by atoms with E-state index in [0.29, 0.717) is 29.7 Å². The Morgan fingerprint density at radius 1 is 1.22 bits per heavy atom. The molecule has 0 bridgehead atoms. The Morgan fingerprint density at radius 2 is 2.00 bits per heavy atom. The van der Waals surface area contributed by atoms with Crippen molar-refractivity contribution in [2.24, 2.45) is 0 Å². The Morgan fingerprint density at radius 3 is 2.67 bits per heavy atom. The third-order valence-corrected chi connectivity index (χ3v) is 4.51. The van der Waals surface area contributed by atoms with Crippen molar-refractivity contribution in [2.75, 3.05) is 13.7 Å². The molecule has 0 aromatic heterocycles. The highest BCUT2D eigenvalue weighted by molar-refractivity contribution is 6.09. The van der Waals surface area contributed by atoms with Gasteiger partial charge in [-0.05, 0) is 36.1 Å². The lowest BCUT2D eigenvalue weighted by molar-refractivity contribution is -0.384. The van der Waals surface area contributed by atoms with Crippen LogP contribution < -0.4 is 4.74 Å². The second kappa shape index (κ2) is 7.53. The minimum Gasteiger partial charge on any atom is -0.497 e. The lowest BCUT2D eigenvalue weighted by Gasteiger charge is -2.26. The number of hydrogen-bond acceptors (Lipinski definition) is 5. The van der Waals surface area contributed by atoms with Gasteiger partial charge >= 0.3 is 0 Å². The van der Waals surface area contributed by atoms with Gasteiger partial charge in [-0.25, -0.2) is 4.39 Å². The third kappa shape index (κ3) is 3.79. The number of fused-ring (bicyclic) bond motifs is 1. The highest BCUT2D eigenvalue weighted by Gasteiger charge is 2.31. The molecule has 0 atom stereocenters. The van der Waals surface area contributed by atoms with E-state index in [0.717, 1.165) is 4.90 Å². The van der Waals surface area contributed by atoms with Crippen LogP contribution in [0.2, 0.25) is 0 Å². The lowest BCUT2D eigenvalue weighted by atomic mass is 9.97. The third-order valence-electron chi connectivity index (χ3n) is 4.51. The number of ether oxygens (including phenoxy) is 1. The first-order valence-electron chi connectivity index (χ1n) is 8.35. The van der Waals surface area contributed by atoms with Crippen molar-refractivity contribution < 1.29 is 23.6 Å². The van der Waals surface area contributed by atoms with Gasteiger partial charge in [0.2, 0.25) is 5.91 Å². The molecule has 0 saturated heterocycles. The number of amides is 2. The number of hydrogen-bond donors (Lipinski definition) is 0. The van der Waals surface area contributed by atoms with Crippen molar-refractivity contribution in [1.29, 1.82) is 0 Å². The Hall–Kier alpha value is -3.29. The molecule has 1 aliphatic rings. The molecule has 2 aromatic rings. The van der Waals surface area contributed by atoms with Crippen molar-refractivity contribution >= 4 is 17.5 Å². The van der Waals surface area contributed by atoms with E-state index in [1.807, 2.05) is 0 Å². The number of rotatable bonds is 6. The number of nitrogens with zero attached hydrogens (tertiary/aromatic N) is 2. The second-order valence-electron chi connectivity index (χ2n) is 6.19. The van der Waals surface area contributed by atoms with Gasteiger partial charge in [-0.1, -0.05) is 6.07 Å². The summed E-state index contributed by atoms with van der Waals surface area (Å²) in [7, 11) is 1.45. The standard InChI is InChI=1S/C19H17FN2O5/c1-27-15-6-4-12(17(20)11-15)3-2-8-21-18(23)10-13-9-14(22(25)26)5-7-16(13)19(21)24/h4-7,9,11H,2-3,8,10H2,1H3. The highest BCUT2D eigenvalue weighted by Crippen LogP contribution is 2.25. The predicted octanol–water partition coefficient (Wildman–Crippen LogP) is 2.90. The van der Waals surface area contributed by atoms with Crippen LogP contribution in [0.5, 0.6) is 5.75 Å². The van der Waals surface area contributed by atoms with Crippen LogP contribution in [0.15, 0.2) is 36.4 Å². The van der Waals surface area contributed by atoms with Crippen molar-refractivity contribution in [2.45, 2.75) is 19.3 Å². The second-order valence-corrected chi connectivity index (χ2v) is 6.19. The monoisotopic (exact) mass is 372 g/mol. The molecule has 0 N–H and O–H groups in total. The van der Waals surface area contributed by atoms with Gasteiger partial charge in [0.1, 0.15) is 11.6 Å². The number of nitro benzene ring substituents is 1. The van der Waals surface area contributed by atoms with Gasteiger partial charge in [0.05, 0.1) is 18.5 Å². The number of methoxy groups -OCH3 is 1. The van der Waals surface area contributed by atoms with Crippen LogP contribution >= 0.6 is 0 Å². The molecule has 8 heteroatoms. The molecule has 0 aliphatic carbocycles. The molecule has 27 heavy (non-hydrogen) atoms. The number of aryl methyl sites for hydroxylation is 1. The summed E-state index contributed by atoms with van der Waals surface area (Å²) in [6.45, 7) is 0.152. The Kier molecular flexibility index (Phi) is 5.16. The number of nitro groups is 1. The molecular weight excluding hydrogens is 355 g/mol. The first kappa shape index (κ1) is 18.5. The van der Waals surface area contributed by atoms with Crippen LogP contribution in [0.3, 0.4) is 0 Å². The van der Waals surface area contributed by atoms with Crippen molar-refractivity contribution in [1.82, 2.24) is 4.90 Å². The van der Waals surface area contributed by atoms with E-state index in [9.17, 15) is 24.1 Å². The lowest BCUT2D eigenvalue weighted by Crippen LogP contribution is -2.42. The summed E-state index contributed by atoms with van der Waals surface area (Å²) in [4.78, 5) is 36.2. The fourth-order valence-electron chi connectivity index (χ4n) is 3.08. The minimum absolute atomic E-state index is 0.0698. The van der Waals surface area contributed by atoms with E-state index >= 15 is 0 Å². The molecule has 1 heterocycles. The van der Waals surface area contributed by atoms with E-state index in [-0.39, 0.29) is 24.2 Å². The Labute approximate surface area is 154 Å². The highest BCUT2D eigenvalue weighted by atomic mass is 19.1.